The molecule has 1 aliphatic heterocycles. The van der Waals surface area contributed by atoms with Crippen LogP contribution in [-0.2, 0) is 22.5 Å². The second-order valence-electron chi connectivity index (χ2n) is 7.01. The van der Waals surface area contributed by atoms with Gasteiger partial charge in [-0.15, -0.1) is 11.3 Å². The number of aryl methyl sites for hydroxylation is 2. The predicted octanol–water partition coefficient (Wildman–Crippen LogP) is 1.03. The van der Waals surface area contributed by atoms with E-state index in [1.165, 1.54) is 9.56 Å². The van der Waals surface area contributed by atoms with Gasteiger partial charge in [-0.1, -0.05) is 6.92 Å². The van der Waals surface area contributed by atoms with Crippen LogP contribution in [0, 0.1) is 6.92 Å². The van der Waals surface area contributed by atoms with Crippen molar-refractivity contribution in [1.82, 2.24) is 24.4 Å². The molecule has 0 unspecified atom stereocenters. The molecular formula is C19H25N5O3S. The molecule has 0 radical (unpaired) electrons. The molecule has 0 atom stereocenters. The molecule has 1 saturated heterocycles. The van der Waals surface area contributed by atoms with Crippen LogP contribution in [0.1, 0.15) is 17.6 Å². The van der Waals surface area contributed by atoms with Gasteiger partial charge in [0.25, 0.3) is 5.56 Å². The summed E-state index contributed by atoms with van der Waals surface area (Å²) >= 11 is 1.66. The SMILES string of the molecule is CCc1nn(CC(=O)NCCN2CCOCC2)c(=O)c2cc3sc(C)cc3n12. The van der Waals surface area contributed by atoms with E-state index in [9.17, 15) is 9.59 Å². The quantitative estimate of drug-likeness (QED) is 0.665. The summed E-state index contributed by atoms with van der Waals surface area (Å²) in [6.45, 7) is 8.58. The second kappa shape index (κ2) is 8.02. The van der Waals surface area contributed by atoms with Gasteiger partial charge in [0.15, 0.2) is 0 Å². The molecule has 1 aliphatic rings. The lowest BCUT2D eigenvalue weighted by molar-refractivity contribution is -0.122. The van der Waals surface area contributed by atoms with Crippen LogP contribution in [0.4, 0.5) is 0 Å². The minimum absolute atomic E-state index is 0.0662. The van der Waals surface area contributed by atoms with Crippen molar-refractivity contribution in [2.75, 3.05) is 39.4 Å². The van der Waals surface area contributed by atoms with Crippen molar-refractivity contribution in [3.63, 3.8) is 0 Å². The predicted molar refractivity (Wildman–Crippen MR) is 109 cm³/mol. The standard InChI is InChI=1S/C19H25N5O3S/c1-3-17-21-23(12-18(25)20-4-5-22-6-8-27-9-7-22)19(26)15-11-16-14(24(15)17)10-13(2)28-16/h10-11H,3-9,12H2,1-2H3,(H,20,25). The molecule has 1 fully saturated rings. The molecule has 8 nitrogen and oxygen atoms in total. The van der Waals surface area contributed by atoms with Gasteiger partial charge in [-0.3, -0.25) is 18.9 Å². The number of carbonyl (C=O) groups excluding carboxylic acids is 1. The molecule has 4 heterocycles. The van der Waals surface area contributed by atoms with E-state index in [-0.39, 0.29) is 18.0 Å². The summed E-state index contributed by atoms with van der Waals surface area (Å²) in [6.07, 6.45) is 0.675. The summed E-state index contributed by atoms with van der Waals surface area (Å²) in [5, 5.41) is 7.37. The molecule has 3 aromatic rings. The molecule has 0 aromatic carbocycles. The third-order valence-corrected chi connectivity index (χ3v) is 6.01. The molecule has 150 valence electrons. The van der Waals surface area contributed by atoms with E-state index in [0.29, 0.717) is 18.5 Å². The Balaban J connectivity index is 1.51. The first-order chi connectivity index (χ1) is 13.6. The molecule has 1 amide bonds. The maximum Gasteiger partial charge on any atom is 0.291 e. The molecule has 3 aromatic heterocycles. The highest BCUT2D eigenvalue weighted by atomic mass is 32.1. The number of aromatic nitrogens is 3. The lowest BCUT2D eigenvalue weighted by Gasteiger charge is -2.26. The highest BCUT2D eigenvalue weighted by Gasteiger charge is 2.17. The van der Waals surface area contributed by atoms with Crippen molar-refractivity contribution in [3.8, 4) is 0 Å². The van der Waals surface area contributed by atoms with Crippen LogP contribution in [0.5, 0.6) is 0 Å². The fourth-order valence-corrected chi connectivity index (χ4v) is 4.56. The van der Waals surface area contributed by atoms with Crippen LogP contribution in [0.25, 0.3) is 15.7 Å². The average molecular weight is 404 g/mol. The number of carbonyl (C=O) groups is 1. The number of nitrogens with zero attached hydrogens (tertiary/aromatic N) is 4. The van der Waals surface area contributed by atoms with Crippen LogP contribution in [0.3, 0.4) is 0 Å². The van der Waals surface area contributed by atoms with Crippen LogP contribution in [0.15, 0.2) is 16.9 Å². The molecular weight excluding hydrogens is 378 g/mol. The van der Waals surface area contributed by atoms with E-state index >= 15 is 0 Å². The van der Waals surface area contributed by atoms with Gasteiger partial charge in [0, 0.05) is 37.5 Å². The van der Waals surface area contributed by atoms with Crippen molar-refractivity contribution in [2.24, 2.45) is 0 Å². The van der Waals surface area contributed by atoms with E-state index in [0.717, 1.165) is 48.9 Å². The zero-order valence-electron chi connectivity index (χ0n) is 16.2. The Bertz CT molecular complexity index is 1060. The minimum atomic E-state index is -0.235. The van der Waals surface area contributed by atoms with E-state index in [2.05, 4.69) is 28.3 Å². The zero-order valence-corrected chi connectivity index (χ0v) is 17.0. The van der Waals surface area contributed by atoms with Crippen molar-refractivity contribution in [2.45, 2.75) is 26.8 Å². The Labute approximate surface area is 166 Å². The first-order valence-electron chi connectivity index (χ1n) is 9.65. The maximum atomic E-state index is 12.9. The van der Waals surface area contributed by atoms with Gasteiger partial charge in [0.1, 0.15) is 17.9 Å². The molecule has 0 bridgehead atoms. The smallest absolute Gasteiger partial charge is 0.291 e. The Morgan fingerprint density at radius 1 is 1.29 bits per heavy atom. The van der Waals surface area contributed by atoms with Gasteiger partial charge in [0.05, 0.1) is 23.4 Å². The van der Waals surface area contributed by atoms with E-state index < -0.39 is 0 Å². The first-order valence-corrected chi connectivity index (χ1v) is 10.5. The summed E-state index contributed by atoms with van der Waals surface area (Å²) in [7, 11) is 0. The fourth-order valence-electron chi connectivity index (χ4n) is 3.62. The van der Waals surface area contributed by atoms with Gasteiger partial charge in [-0.05, 0) is 19.1 Å². The molecule has 1 N–H and O–H groups in total. The molecule has 4 rings (SSSR count). The van der Waals surface area contributed by atoms with Crippen molar-refractivity contribution in [1.29, 1.82) is 0 Å². The molecule has 28 heavy (non-hydrogen) atoms. The molecule has 9 heteroatoms. The minimum Gasteiger partial charge on any atom is -0.379 e. The van der Waals surface area contributed by atoms with Crippen molar-refractivity contribution >= 4 is 33.0 Å². The zero-order chi connectivity index (χ0) is 19.7. The Kier molecular flexibility index (Phi) is 5.47. The topological polar surface area (TPSA) is 80.9 Å². The van der Waals surface area contributed by atoms with E-state index in [1.807, 2.05) is 17.4 Å². The fraction of sp³-hybridized carbons (Fsp3) is 0.526. The molecule has 0 aliphatic carbocycles. The van der Waals surface area contributed by atoms with Crippen molar-refractivity contribution < 1.29 is 9.53 Å². The largest absolute Gasteiger partial charge is 0.379 e. The second-order valence-corrected chi connectivity index (χ2v) is 8.30. The number of ether oxygens (including phenoxy) is 1. The van der Waals surface area contributed by atoms with E-state index in [4.69, 9.17) is 4.74 Å². The number of amides is 1. The highest BCUT2D eigenvalue weighted by Crippen LogP contribution is 2.28. The van der Waals surface area contributed by atoms with Crippen LogP contribution < -0.4 is 10.9 Å². The van der Waals surface area contributed by atoms with Crippen molar-refractivity contribution in [3.05, 3.63) is 33.2 Å². The average Bonchev–Trinajstić information content (AvgIpc) is 3.21. The monoisotopic (exact) mass is 403 g/mol. The Morgan fingerprint density at radius 2 is 2.07 bits per heavy atom. The van der Waals surface area contributed by atoms with Gasteiger partial charge >= 0.3 is 0 Å². The summed E-state index contributed by atoms with van der Waals surface area (Å²) in [5.41, 5.74) is 1.36. The number of hydrogen-bond acceptors (Lipinski definition) is 6. The van der Waals surface area contributed by atoms with E-state index in [1.54, 1.807) is 11.3 Å². The van der Waals surface area contributed by atoms with Gasteiger partial charge < -0.3 is 10.1 Å². The number of fused-ring (bicyclic) bond motifs is 3. The number of morpholine rings is 1. The molecule has 0 spiro atoms. The van der Waals surface area contributed by atoms with Crippen LogP contribution >= 0.6 is 11.3 Å². The molecule has 0 saturated carbocycles. The summed E-state index contributed by atoms with van der Waals surface area (Å²) < 4.78 is 9.60. The third kappa shape index (κ3) is 3.69. The maximum absolute atomic E-state index is 12.9. The number of nitrogens with one attached hydrogen (secondary N) is 1. The normalized spacial score (nSPS) is 15.5. The third-order valence-electron chi connectivity index (χ3n) is 5.02. The first kappa shape index (κ1) is 19.1. The Morgan fingerprint density at radius 3 is 2.82 bits per heavy atom. The summed E-state index contributed by atoms with van der Waals surface area (Å²) in [6, 6.07) is 3.99. The number of thiophene rings is 1. The van der Waals surface area contributed by atoms with Gasteiger partial charge in [-0.25, -0.2) is 4.68 Å². The lowest BCUT2D eigenvalue weighted by atomic mass is 10.4. The van der Waals surface area contributed by atoms with Crippen LogP contribution in [0.2, 0.25) is 0 Å². The summed E-state index contributed by atoms with van der Waals surface area (Å²) in [4.78, 5) is 28.7. The number of hydrogen-bond donors (Lipinski definition) is 1. The van der Waals surface area contributed by atoms with Gasteiger partial charge in [0.2, 0.25) is 5.91 Å². The summed E-state index contributed by atoms with van der Waals surface area (Å²) in [5.74, 6) is 0.585. The number of rotatable bonds is 6. The van der Waals surface area contributed by atoms with Gasteiger partial charge in [-0.2, -0.15) is 5.10 Å². The van der Waals surface area contributed by atoms with Crippen LogP contribution in [-0.4, -0.2) is 64.4 Å². The lowest BCUT2D eigenvalue weighted by Crippen LogP contribution is -2.42. The highest BCUT2D eigenvalue weighted by molar-refractivity contribution is 7.19. The Hall–Kier alpha value is -2.23.